The minimum atomic E-state index is -0.0315. The van der Waals surface area contributed by atoms with Gasteiger partial charge in [0, 0.05) is 56.1 Å². The summed E-state index contributed by atoms with van der Waals surface area (Å²) in [7, 11) is 0. The first-order chi connectivity index (χ1) is 17.1. The second-order valence-corrected chi connectivity index (χ2v) is 10.1. The van der Waals surface area contributed by atoms with Gasteiger partial charge in [-0.1, -0.05) is 25.1 Å². The molecule has 1 amide bonds. The molecule has 0 aliphatic carbocycles. The van der Waals surface area contributed by atoms with E-state index in [4.69, 9.17) is 9.40 Å². The predicted octanol–water partition coefficient (Wildman–Crippen LogP) is 5.24. The molecule has 1 saturated heterocycles. The molecule has 1 aliphatic rings. The smallest absolute Gasteiger partial charge is 0.251 e. The molecule has 35 heavy (non-hydrogen) atoms. The summed E-state index contributed by atoms with van der Waals surface area (Å²) in [6.45, 7) is 9.67. The van der Waals surface area contributed by atoms with Gasteiger partial charge in [-0.3, -0.25) is 9.69 Å². The quantitative estimate of drug-likeness (QED) is 0.370. The van der Waals surface area contributed by atoms with Gasteiger partial charge in [-0.15, -0.1) is 0 Å². The largest absolute Gasteiger partial charge is 0.441 e. The number of aromatic nitrogens is 1. The third kappa shape index (κ3) is 7.12. The van der Waals surface area contributed by atoms with Gasteiger partial charge in [-0.25, -0.2) is 4.98 Å². The fraction of sp³-hybridized carbons (Fsp3) is 0.429. The summed E-state index contributed by atoms with van der Waals surface area (Å²) in [6.07, 6.45) is 2.19. The van der Waals surface area contributed by atoms with Crippen molar-refractivity contribution < 1.29 is 9.21 Å². The number of amides is 1. The molecule has 0 unspecified atom stereocenters. The molecule has 0 radical (unpaired) electrons. The number of aryl methyl sites for hydroxylation is 1. The van der Waals surface area contributed by atoms with Crippen LogP contribution in [0.5, 0.6) is 0 Å². The Morgan fingerprint density at radius 3 is 2.49 bits per heavy atom. The molecule has 0 saturated carbocycles. The number of hydrogen-bond donors (Lipinski definition) is 1. The summed E-state index contributed by atoms with van der Waals surface area (Å²) in [5.74, 6) is 3.70. The van der Waals surface area contributed by atoms with Crippen LogP contribution in [0.25, 0.3) is 11.5 Å². The fourth-order valence-electron chi connectivity index (χ4n) is 4.20. The number of carbonyl (C=O) groups is 1. The van der Waals surface area contributed by atoms with Crippen LogP contribution in [-0.4, -0.2) is 60.0 Å². The van der Waals surface area contributed by atoms with Crippen LogP contribution in [0.2, 0.25) is 0 Å². The van der Waals surface area contributed by atoms with Crippen LogP contribution in [0.3, 0.4) is 0 Å². The SMILES string of the molecule is CCCSCCCNC(=O)c1ccc(-c2nc(CN3CCN(c4ccccc4)CC3)c(C)o2)cc1. The van der Waals surface area contributed by atoms with Crippen molar-refractivity contribution >= 4 is 23.4 Å². The Balaban J connectivity index is 1.28. The number of benzene rings is 2. The minimum Gasteiger partial charge on any atom is -0.441 e. The van der Waals surface area contributed by atoms with E-state index in [2.05, 4.69) is 52.4 Å². The van der Waals surface area contributed by atoms with Crippen LogP contribution in [-0.2, 0) is 6.54 Å². The Bertz CT molecular complexity index is 1060. The van der Waals surface area contributed by atoms with Crippen molar-refractivity contribution in [3.63, 3.8) is 0 Å². The van der Waals surface area contributed by atoms with E-state index in [9.17, 15) is 4.79 Å². The summed E-state index contributed by atoms with van der Waals surface area (Å²) in [6, 6.07) is 18.1. The number of carbonyl (C=O) groups excluding carboxylic acids is 1. The van der Waals surface area contributed by atoms with Gasteiger partial charge in [0.1, 0.15) is 5.76 Å². The number of hydrogen-bond acceptors (Lipinski definition) is 6. The molecule has 0 atom stereocenters. The maximum atomic E-state index is 12.4. The Morgan fingerprint density at radius 2 is 1.77 bits per heavy atom. The van der Waals surface area contributed by atoms with Gasteiger partial charge in [0.25, 0.3) is 5.91 Å². The van der Waals surface area contributed by atoms with Gasteiger partial charge in [0.05, 0.1) is 5.69 Å². The average molecular weight is 493 g/mol. The molecule has 2 aromatic carbocycles. The maximum Gasteiger partial charge on any atom is 0.251 e. The number of nitrogens with zero attached hydrogens (tertiary/aromatic N) is 3. The number of anilines is 1. The Labute approximate surface area is 213 Å². The van der Waals surface area contributed by atoms with E-state index in [0.717, 1.165) is 61.9 Å². The highest BCUT2D eigenvalue weighted by molar-refractivity contribution is 7.99. The summed E-state index contributed by atoms with van der Waals surface area (Å²) >= 11 is 1.94. The minimum absolute atomic E-state index is 0.0315. The number of thioether (sulfide) groups is 1. The first-order valence-corrected chi connectivity index (χ1v) is 13.7. The van der Waals surface area contributed by atoms with Gasteiger partial charge in [-0.05, 0) is 67.7 Å². The molecule has 4 rings (SSSR count). The van der Waals surface area contributed by atoms with E-state index in [1.54, 1.807) is 0 Å². The van der Waals surface area contributed by atoms with Crippen LogP contribution >= 0.6 is 11.8 Å². The molecule has 2 heterocycles. The third-order valence-electron chi connectivity index (χ3n) is 6.25. The van der Waals surface area contributed by atoms with Crippen molar-refractivity contribution in [2.75, 3.05) is 49.1 Å². The average Bonchev–Trinajstić information content (AvgIpc) is 3.27. The van der Waals surface area contributed by atoms with Crippen molar-refractivity contribution in [1.29, 1.82) is 0 Å². The molecule has 1 N–H and O–H groups in total. The van der Waals surface area contributed by atoms with Gasteiger partial charge in [-0.2, -0.15) is 11.8 Å². The maximum absolute atomic E-state index is 12.4. The van der Waals surface area contributed by atoms with E-state index in [-0.39, 0.29) is 5.91 Å². The van der Waals surface area contributed by atoms with Crippen molar-refractivity contribution in [3.05, 3.63) is 71.6 Å². The Morgan fingerprint density at radius 1 is 1.03 bits per heavy atom. The Kier molecular flexibility index (Phi) is 9.26. The van der Waals surface area contributed by atoms with Crippen molar-refractivity contribution in [2.24, 2.45) is 0 Å². The zero-order valence-electron chi connectivity index (χ0n) is 20.8. The first kappa shape index (κ1) is 25.3. The third-order valence-corrected chi connectivity index (χ3v) is 7.53. The first-order valence-electron chi connectivity index (χ1n) is 12.6. The van der Waals surface area contributed by atoms with E-state index in [1.807, 2.05) is 43.0 Å². The second kappa shape index (κ2) is 12.8. The number of nitrogens with one attached hydrogen (secondary N) is 1. The highest BCUT2D eigenvalue weighted by atomic mass is 32.2. The van der Waals surface area contributed by atoms with Crippen LogP contribution < -0.4 is 10.2 Å². The van der Waals surface area contributed by atoms with Gasteiger partial charge >= 0.3 is 0 Å². The second-order valence-electron chi connectivity index (χ2n) is 8.92. The number of oxazole rings is 1. The molecule has 7 heteroatoms. The molecular weight excluding hydrogens is 456 g/mol. The molecule has 1 aliphatic heterocycles. The molecular formula is C28H36N4O2S. The van der Waals surface area contributed by atoms with Crippen molar-refractivity contribution in [1.82, 2.24) is 15.2 Å². The number of rotatable bonds is 11. The lowest BCUT2D eigenvalue weighted by Crippen LogP contribution is -2.46. The highest BCUT2D eigenvalue weighted by Gasteiger charge is 2.20. The van der Waals surface area contributed by atoms with Crippen LogP contribution in [0.1, 0.15) is 41.6 Å². The van der Waals surface area contributed by atoms with Crippen molar-refractivity contribution in [2.45, 2.75) is 33.2 Å². The summed E-state index contributed by atoms with van der Waals surface area (Å²) in [5.41, 5.74) is 3.82. The summed E-state index contributed by atoms with van der Waals surface area (Å²) < 4.78 is 5.99. The topological polar surface area (TPSA) is 61.6 Å². The van der Waals surface area contributed by atoms with Gasteiger partial charge < -0.3 is 14.6 Å². The molecule has 0 bridgehead atoms. The molecule has 6 nitrogen and oxygen atoms in total. The van der Waals surface area contributed by atoms with Crippen LogP contribution in [0.4, 0.5) is 5.69 Å². The highest BCUT2D eigenvalue weighted by Crippen LogP contribution is 2.24. The molecule has 1 aromatic heterocycles. The van der Waals surface area contributed by atoms with Crippen molar-refractivity contribution in [3.8, 4) is 11.5 Å². The van der Waals surface area contributed by atoms with Gasteiger partial charge in [0.15, 0.2) is 0 Å². The van der Waals surface area contributed by atoms with E-state index in [0.29, 0.717) is 18.0 Å². The predicted molar refractivity (Wildman–Crippen MR) is 145 cm³/mol. The van der Waals surface area contributed by atoms with E-state index in [1.165, 1.54) is 17.9 Å². The molecule has 1 fully saturated rings. The number of piperazine rings is 1. The van der Waals surface area contributed by atoms with Gasteiger partial charge in [0.2, 0.25) is 5.89 Å². The monoisotopic (exact) mass is 492 g/mol. The molecule has 186 valence electrons. The van der Waals surface area contributed by atoms with E-state index < -0.39 is 0 Å². The summed E-state index contributed by atoms with van der Waals surface area (Å²) in [5, 5.41) is 3.01. The zero-order valence-corrected chi connectivity index (χ0v) is 21.7. The zero-order chi connectivity index (χ0) is 24.5. The lowest BCUT2D eigenvalue weighted by atomic mass is 10.1. The molecule has 0 spiro atoms. The number of para-hydroxylation sites is 1. The van der Waals surface area contributed by atoms with Crippen LogP contribution in [0, 0.1) is 6.92 Å². The normalized spacial score (nSPS) is 14.3. The van der Waals surface area contributed by atoms with E-state index >= 15 is 0 Å². The fourth-order valence-corrected chi connectivity index (χ4v) is 5.04. The Hall–Kier alpha value is -2.77. The standard InChI is InChI=1S/C28H36N4O2S/c1-3-19-35-20-7-14-29-27(33)23-10-12-24(13-11-23)28-30-26(22(2)34-28)21-31-15-17-32(18-16-31)25-8-5-4-6-9-25/h4-6,8-13H,3,7,14-21H2,1-2H3,(H,29,33). The van der Waals surface area contributed by atoms with Crippen LogP contribution in [0.15, 0.2) is 59.0 Å². The summed E-state index contributed by atoms with van der Waals surface area (Å²) in [4.78, 5) is 22.1. The lowest BCUT2D eigenvalue weighted by Gasteiger charge is -2.35. The molecule has 3 aromatic rings. The lowest BCUT2D eigenvalue weighted by molar-refractivity contribution is 0.0954.